The maximum Gasteiger partial charge on any atom is 0.257 e. The molecule has 1 aliphatic rings. The van der Waals surface area contributed by atoms with Crippen LogP contribution in [-0.2, 0) is 20.7 Å². The van der Waals surface area contributed by atoms with Crippen LogP contribution in [0.4, 0.5) is 5.69 Å². The third kappa shape index (κ3) is 6.81. The highest BCUT2D eigenvalue weighted by molar-refractivity contribution is 5.99. The van der Waals surface area contributed by atoms with Gasteiger partial charge in [-0.2, -0.15) is 0 Å². The Bertz CT molecular complexity index is 1060. The minimum Gasteiger partial charge on any atom is -0.491 e. The number of fused-ring (bicyclic) bond motifs is 1. The molecule has 0 radical (unpaired) electrons. The molecule has 1 aromatic carbocycles. The highest BCUT2D eigenvalue weighted by Gasteiger charge is 2.30. The van der Waals surface area contributed by atoms with Gasteiger partial charge >= 0.3 is 0 Å². The largest absolute Gasteiger partial charge is 0.491 e. The van der Waals surface area contributed by atoms with Crippen LogP contribution in [0, 0.1) is 5.92 Å². The number of nitrogens with one attached hydrogen (secondary N) is 1. The van der Waals surface area contributed by atoms with E-state index < -0.39 is 0 Å². The van der Waals surface area contributed by atoms with Gasteiger partial charge in [-0.3, -0.25) is 19.4 Å². The molecule has 0 unspecified atom stereocenters. The second kappa shape index (κ2) is 12.5. The van der Waals surface area contributed by atoms with E-state index in [4.69, 9.17) is 9.47 Å². The SMILES string of the molecule is CCC(=O)Nc1ccc2c(c1)C(=O)N(C)C[C@@H](OC)[C@H](C)CN(C(=O)Cc1ccccn1)[C@@H](C)CO2. The molecule has 0 saturated carbocycles. The first-order valence-electron chi connectivity index (χ1n) is 12.3. The van der Waals surface area contributed by atoms with E-state index in [-0.39, 0.29) is 48.8 Å². The molecule has 1 aromatic heterocycles. The third-order valence-electron chi connectivity index (χ3n) is 6.43. The number of hydrogen-bond acceptors (Lipinski definition) is 6. The standard InChI is InChI=1S/C27H36N4O5/c1-6-25(32)29-21-10-11-23-22(13-21)27(34)30(4)16-24(35-5)18(2)15-31(19(3)17-36-23)26(33)14-20-9-7-8-12-28-20/h7-13,18-19,24H,6,14-17H2,1-5H3,(H,29,32)/t18-,19+,24-/m1/s1. The van der Waals surface area contributed by atoms with Crippen molar-refractivity contribution in [2.24, 2.45) is 5.92 Å². The van der Waals surface area contributed by atoms with Crippen molar-refractivity contribution in [1.29, 1.82) is 0 Å². The number of carbonyl (C=O) groups excluding carboxylic acids is 3. The zero-order valence-corrected chi connectivity index (χ0v) is 21.7. The summed E-state index contributed by atoms with van der Waals surface area (Å²) in [5, 5.41) is 2.80. The molecular weight excluding hydrogens is 460 g/mol. The maximum atomic E-state index is 13.4. The lowest BCUT2D eigenvalue weighted by Crippen LogP contribution is -2.49. The number of likely N-dealkylation sites (N-methyl/N-ethyl adjacent to an activating group) is 1. The van der Waals surface area contributed by atoms with Gasteiger partial charge in [-0.25, -0.2) is 0 Å². The molecule has 0 fully saturated rings. The van der Waals surface area contributed by atoms with E-state index >= 15 is 0 Å². The molecule has 0 aliphatic carbocycles. The van der Waals surface area contributed by atoms with Gasteiger partial charge in [0.25, 0.3) is 5.91 Å². The summed E-state index contributed by atoms with van der Waals surface area (Å²) < 4.78 is 11.8. The molecule has 36 heavy (non-hydrogen) atoms. The Morgan fingerprint density at radius 2 is 1.97 bits per heavy atom. The summed E-state index contributed by atoms with van der Waals surface area (Å²) in [7, 11) is 3.32. The Labute approximate surface area is 212 Å². The van der Waals surface area contributed by atoms with Gasteiger partial charge in [-0.15, -0.1) is 0 Å². The number of nitrogens with zero attached hydrogens (tertiary/aromatic N) is 3. The fourth-order valence-electron chi connectivity index (χ4n) is 4.21. The van der Waals surface area contributed by atoms with E-state index in [0.29, 0.717) is 42.2 Å². The fraction of sp³-hybridized carbons (Fsp3) is 0.481. The molecule has 9 nitrogen and oxygen atoms in total. The second-order valence-electron chi connectivity index (χ2n) is 9.25. The fourth-order valence-corrected chi connectivity index (χ4v) is 4.21. The van der Waals surface area contributed by atoms with E-state index in [0.717, 1.165) is 0 Å². The zero-order valence-electron chi connectivity index (χ0n) is 21.7. The monoisotopic (exact) mass is 496 g/mol. The normalized spacial score (nSPS) is 21.0. The summed E-state index contributed by atoms with van der Waals surface area (Å²) in [4.78, 5) is 46.3. The molecule has 2 heterocycles. The molecule has 0 spiro atoms. The Morgan fingerprint density at radius 1 is 1.19 bits per heavy atom. The first kappa shape index (κ1) is 27.1. The number of methoxy groups -OCH3 is 1. The van der Waals surface area contributed by atoms with Crippen LogP contribution in [-0.4, -0.2) is 78.5 Å². The number of rotatable bonds is 5. The summed E-state index contributed by atoms with van der Waals surface area (Å²) in [6.07, 6.45) is 1.90. The van der Waals surface area contributed by atoms with Crippen molar-refractivity contribution in [3.8, 4) is 5.75 Å². The molecule has 0 saturated heterocycles. The van der Waals surface area contributed by atoms with E-state index in [2.05, 4.69) is 10.3 Å². The van der Waals surface area contributed by atoms with Crippen LogP contribution in [0.1, 0.15) is 43.2 Å². The number of carbonyl (C=O) groups is 3. The molecule has 9 heteroatoms. The average molecular weight is 497 g/mol. The maximum absolute atomic E-state index is 13.4. The van der Waals surface area contributed by atoms with Gasteiger partial charge in [0, 0.05) is 57.2 Å². The minimum absolute atomic E-state index is 0.0468. The summed E-state index contributed by atoms with van der Waals surface area (Å²) in [6.45, 7) is 6.69. The molecule has 1 aliphatic heterocycles. The topological polar surface area (TPSA) is 101 Å². The molecule has 3 amide bonds. The number of benzene rings is 1. The zero-order chi connectivity index (χ0) is 26.2. The van der Waals surface area contributed by atoms with Crippen LogP contribution in [0.25, 0.3) is 0 Å². The lowest BCUT2D eigenvalue weighted by molar-refractivity contribution is -0.134. The van der Waals surface area contributed by atoms with Gasteiger partial charge in [0.1, 0.15) is 12.4 Å². The van der Waals surface area contributed by atoms with Crippen molar-refractivity contribution in [3.05, 3.63) is 53.9 Å². The summed E-state index contributed by atoms with van der Waals surface area (Å²) in [5.74, 6) is -0.0786. The summed E-state index contributed by atoms with van der Waals surface area (Å²) in [6, 6.07) is 10.3. The van der Waals surface area contributed by atoms with Gasteiger partial charge in [-0.1, -0.05) is 19.9 Å². The van der Waals surface area contributed by atoms with Crippen LogP contribution >= 0.6 is 0 Å². The lowest BCUT2D eigenvalue weighted by Gasteiger charge is -2.36. The van der Waals surface area contributed by atoms with Gasteiger partial charge in [0.05, 0.1) is 24.1 Å². The van der Waals surface area contributed by atoms with Crippen LogP contribution in [0.15, 0.2) is 42.6 Å². The number of aromatic nitrogens is 1. The highest BCUT2D eigenvalue weighted by atomic mass is 16.5. The number of ether oxygens (including phenoxy) is 2. The third-order valence-corrected chi connectivity index (χ3v) is 6.43. The number of amides is 3. The van der Waals surface area contributed by atoms with E-state index in [1.165, 1.54) is 0 Å². The van der Waals surface area contributed by atoms with Crippen LogP contribution in [0.3, 0.4) is 0 Å². The summed E-state index contributed by atoms with van der Waals surface area (Å²) in [5.41, 5.74) is 1.57. The Morgan fingerprint density at radius 3 is 2.64 bits per heavy atom. The van der Waals surface area contributed by atoms with Crippen LogP contribution < -0.4 is 10.1 Å². The van der Waals surface area contributed by atoms with Crippen molar-refractivity contribution in [2.75, 3.05) is 39.2 Å². The van der Waals surface area contributed by atoms with Gasteiger partial charge in [-0.05, 0) is 37.3 Å². The molecule has 3 atom stereocenters. The van der Waals surface area contributed by atoms with Gasteiger partial charge in [0.15, 0.2) is 0 Å². The lowest BCUT2D eigenvalue weighted by atomic mass is 10.0. The highest BCUT2D eigenvalue weighted by Crippen LogP contribution is 2.26. The Balaban J connectivity index is 1.93. The summed E-state index contributed by atoms with van der Waals surface area (Å²) >= 11 is 0. The molecule has 2 aromatic rings. The van der Waals surface area contributed by atoms with Crippen LogP contribution in [0.2, 0.25) is 0 Å². The van der Waals surface area contributed by atoms with E-state index in [1.54, 1.807) is 50.4 Å². The molecule has 0 bridgehead atoms. The van der Waals surface area contributed by atoms with E-state index in [1.807, 2.05) is 36.9 Å². The number of anilines is 1. The first-order chi connectivity index (χ1) is 17.2. The van der Waals surface area contributed by atoms with Crippen molar-refractivity contribution < 1.29 is 23.9 Å². The molecule has 3 rings (SSSR count). The van der Waals surface area contributed by atoms with Crippen molar-refractivity contribution in [1.82, 2.24) is 14.8 Å². The number of pyridine rings is 1. The van der Waals surface area contributed by atoms with Gasteiger partial charge in [0.2, 0.25) is 11.8 Å². The first-order valence-corrected chi connectivity index (χ1v) is 12.3. The smallest absolute Gasteiger partial charge is 0.257 e. The van der Waals surface area contributed by atoms with Crippen molar-refractivity contribution in [2.45, 2.75) is 45.8 Å². The molecular formula is C27H36N4O5. The van der Waals surface area contributed by atoms with Crippen molar-refractivity contribution >= 4 is 23.4 Å². The van der Waals surface area contributed by atoms with Crippen LogP contribution in [0.5, 0.6) is 5.75 Å². The van der Waals surface area contributed by atoms with Crippen molar-refractivity contribution in [3.63, 3.8) is 0 Å². The number of hydrogen-bond donors (Lipinski definition) is 1. The van der Waals surface area contributed by atoms with E-state index in [9.17, 15) is 14.4 Å². The second-order valence-corrected chi connectivity index (χ2v) is 9.25. The molecule has 194 valence electrons. The predicted molar refractivity (Wildman–Crippen MR) is 137 cm³/mol. The Kier molecular flexibility index (Phi) is 9.41. The Hall–Kier alpha value is -3.46. The average Bonchev–Trinajstić information content (AvgIpc) is 2.88. The minimum atomic E-state index is -0.289. The quantitative estimate of drug-likeness (QED) is 0.683. The molecule has 1 N–H and O–H groups in total. The van der Waals surface area contributed by atoms with Gasteiger partial charge < -0.3 is 24.6 Å². The predicted octanol–water partition coefficient (Wildman–Crippen LogP) is 3.01.